The summed E-state index contributed by atoms with van der Waals surface area (Å²) in [5, 5.41) is 5.58. The molecule has 3 aromatic rings. The van der Waals surface area contributed by atoms with Gasteiger partial charge in [-0.05, 0) is 78.8 Å². The van der Waals surface area contributed by atoms with E-state index in [1.165, 1.54) is 0 Å². The highest BCUT2D eigenvalue weighted by Crippen LogP contribution is 2.32. The maximum atomic E-state index is 12.3. The van der Waals surface area contributed by atoms with E-state index in [-0.39, 0.29) is 25.4 Å². The van der Waals surface area contributed by atoms with Gasteiger partial charge in [0.05, 0.1) is 0 Å². The van der Waals surface area contributed by atoms with Gasteiger partial charge in [0, 0.05) is 24.2 Å². The van der Waals surface area contributed by atoms with E-state index in [1.807, 2.05) is 56.3 Å². The predicted molar refractivity (Wildman–Crippen MR) is 150 cm³/mol. The molecule has 3 rings (SSSR count). The lowest BCUT2D eigenvalue weighted by Crippen LogP contribution is -2.21. The molecule has 7 heteroatoms. The number of amides is 2. The van der Waals surface area contributed by atoms with Crippen LogP contribution in [0.2, 0.25) is 0 Å². The Morgan fingerprint density at radius 1 is 0.868 bits per heavy atom. The number of ether oxygens (including phenoxy) is 2. The topological polar surface area (TPSA) is 93.7 Å². The number of aryl methyl sites for hydroxylation is 2. The van der Waals surface area contributed by atoms with E-state index in [9.17, 15) is 14.4 Å². The molecule has 3 aromatic carbocycles. The zero-order valence-electron chi connectivity index (χ0n) is 22.5. The van der Waals surface area contributed by atoms with E-state index < -0.39 is 11.9 Å². The van der Waals surface area contributed by atoms with Crippen LogP contribution < -0.4 is 15.4 Å². The van der Waals surface area contributed by atoms with Crippen LogP contribution in [0.15, 0.2) is 66.7 Å². The van der Waals surface area contributed by atoms with Crippen molar-refractivity contribution in [1.29, 1.82) is 0 Å². The van der Waals surface area contributed by atoms with Crippen molar-refractivity contribution in [2.24, 2.45) is 0 Å². The summed E-state index contributed by atoms with van der Waals surface area (Å²) < 4.78 is 11.1. The molecule has 2 amide bonds. The predicted octanol–water partition coefficient (Wildman–Crippen LogP) is 6.76. The first-order valence-electron chi connectivity index (χ1n) is 13.0. The monoisotopic (exact) mass is 516 g/mol. The molecule has 0 bridgehead atoms. The standard InChI is InChI=1S/C31H36N2O5/c1-5-23-9-6-7-10-27(23)33-30(35)20-37-31(36)12-8-11-29(34)32-24-14-16-25(17-15-24)38-28-19-22(4)13-18-26(28)21(2)3/h6-7,9-10,13-19,21H,5,8,11-12,20H2,1-4H3,(H,32,34)(H,33,35). The van der Waals surface area contributed by atoms with E-state index in [4.69, 9.17) is 9.47 Å². The Morgan fingerprint density at radius 3 is 2.32 bits per heavy atom. The largest absolute Gasteiger partial charge is 0.457 e. The minimum atomic E-state index is -0.518. The normalized spacial score (nSPS) is 10.7. The molecule has 0 unspecified atom stereocenters. The van der Waals surface area contributed by atoms with Crippen molar-refractivity contribution in [3.05, 3.63) is 83.4 Å². The van der Waals surface area contributed by atoms with Gasteiger partial charge < -0.3 is 20.1 Å². The third kappa shape index (κ3) is 8.76. The van der Waals surface area contributed by atoms with Crippen LogP contribution in [-0.4, -0.2) is 24.4 Å². The van der Waals surface area contributed by atoms with Crippen LogP contribution in [0.1, 0.15) is 62.6 Å². The highest BCUT2D eigenvalue weighted by molar-refractivity contribution is 5.93. The molecule has 7 nitrogen and oxygen atoms in total. The maximum absolute atomic E-state index is 12.3. The molecule has 2 N–H and O–H groups in total. The number of hydrogen-bond acceptors (Lipinski definition) is 5. The smallest absolute Gasteiger partial charge is 0.306 e. The fraction of sp³-hybridized carbons (Fsp3) is 0.323. The second-order valence-corrected chi connectivity index (χ2v) is 9.44. The summed E-state index contributed by atoms with van der Waals surface area (Å²) in [6.45, 7) is 7.92. The summed E-state index contributed by atoms with van der Waals surface area (Å²) in [7, 11) is 0. The lowest BCUT2D eigenvalue weighted by molar-refractivity contribution is -0.147. The van der Waals surface area contributed by atoms with E-state index in [2.05, 4.69) is 36.6 Å². The second kappa shape index (κ2) is 14.0. The van der Waals surface area contributed by atoms with Crippen LogP contribution >= 0.6 is 0 Å². The zero-order chi connectivity index (χ0) is 27.5. The van der Waals surface area contributed by atoms with Crippen molar-refractivity contribution in [1.82, 2.24) is 0 Å². The molecular weight excluding hydrogens is 480 g/mol. The van der Waals surface area contributed by atoms with Crippen LogP contribution in [-0.2, 0) is 25.5 Å². The highest BCUT2D eigenvalue weighted by Gasteiger charge is 2.12. The van der Waals surface area contributed by atoms with Gasteiger partial charge in [-0.1, -0.05) is 51.1 Å². The molecular formula is C31H36N2O5. The Bertz CT molecular complexity index is 1250. The first-order valence-corrected chi connectivity index (χ1v) is 13.0. The van der Waals surface area contributed by atoms with Crippen molar-refractivity contribution in [2.45, 2.75) is 59.3 Å². The molecule has 0 spiro atoms. The summed E-state index contributed by atoms with van der Waals surface area (Å²) in [6, 6.07) is 20.8. The second-order valence-electron chi connectivity index (χ2n) is 9.44. The Kier molecular flexibility index (Phi) is 10.5. The molecule has 0 aliphatic rings. The molecule has 0 saturated carbocycles. The number of hydrogen-bond donors (Lipinski definition) is 2. The molecule has 0 saturated heterocycles. The molecule has 0 fully saturated rings. The van der Waals surface area contributed by atoms with Crippen LogP contribution in [0.5, 0.6) is 11.5 Å². The Hall–Kier alpha value is -4.13. The molecule has 0 aliphatic carbocycles. The number of rotatable bonds is 12. The number of carbonyl (C=O) groups excluding carboxylic acids is 3. The van der Waals surface area contributed by atoms with E-state index in [0.29, 0.717) is 29.5 Å². The van der Waals surface area contributed by atoms with Gasteiger partial charge in [-0.25, -0.2) is 0 Å². The third-order valence-corrected chi connectivity index (χ3v) is 5.98. The number of nitrogens with one attached hydrogen (secondary N) is 2. The number of benzene rings is 3. The summed E-state index contributed by atoms with van der Waals surface area (Å²) in [5.74, 6) is 0.720. The van der Waals surface area contributed by atoms with Gasteiger partial charge in [0.1, 0.15) is 11.5 Å². The molecule has 0 radical (unpaired) electrons. The fourth-order valence-electron chi connectivity index (χ4n) is 3.91. The molecule has 0 atom stereocenters. The summed E-state index contributed by atoms with van der Waals surface area (Å²) >= 11 is 0. The average molecular weight is 517 g/mol. The van der Waals surface area contributed by atoms with E-state index >= 15 is 0 Å². The van der Waals surface area contributed by atoms with Crippen molar-refractivity contribution in [2.75, 3.05) is 17.2 Å². The average Bonchev–Trinajstić information content (AvgIpc) is 2.89. The SMILES string of the molecule is CCc1ccccc1NC(=O)COC(=O)CCCC(=O)Nc1ccc(Oc2cc(C)ccc2C(C)C)cc1. The number of para-hydroxylation sites is 1. The lowest BCUT2D eigenvalue weighted by atomic mass is 10.0. The summed E-state index contributed by atoms with van der Waals surface area (Å²) in [5.41, 5.74) is 4.61. The van der Waals surface area contributed by atoms with Crippen molar-refractivity contribution < 1.29 is 23.9 Å². The van der Waals surface area contributed by atoms with E-state index in [0.717, 1.165) is 28.9 Å². The van der Waals surface area contributed by atoms with E-state index in [1.54, 1.807) is 12.1 Å². The molecule has 0 aliphatic heterocycles. The Balaban J connectivity index is 1.38. The minimum Gasteiger partial charge on any atom is -0.457 e. The fourth-order valence-corrected chi connectivity index (χ4v) is 3.91. The highest BCUT2D eigenvalue weighted by atomic mass is 16.5. The van der Waals surface area contributed by atoms with Gasteiger partial charge in [0.2, 0.25) is 5.91 Å². The summed E-state index contributed by atoms with van der Waals surface area (Å²) in [6.07, 6.45) is 1.30. The van der Waals surface area contributed by atoms with Crippen molar-refractivity contribution in [3.63, 3.8) is 0 Å². The van der Waals surface area contributed by atoms with Crippen LogP contribution in [0.3, 0.4) is 0 Å². The number of carbonyl (C=O) groups is 3. The van der Waals surface area contributed by atoms with Gasteiger partial charge in [0.25, 0.3) is 5.91 Å². The number of esters is 1. The van der Waals surface area contributed by atoms with Gasteiger partial charge in [-0.3, -0.25) is 14.4 Å². The van der Waals surface area contributed by atoms with Gasteiger partial charge in [-0.2, -0.15) is 0 Å². The molecule has 0 aromatic heterocycles. The zero-order valence-corrected chi connectivity index (χ0v) is 22.5. The van der Waals surface area contributed by atoms with Crippen LogP contribution in [0.25, 0.3) is 0 Å². The molecule has 0 heterocycles. The third-order valence-electron chi connectivity index (χ3n) is 5.98. The summed E-state index contributed by atoms with van der Waals surface area (Å²) in [4.78, 5) is 36.4. The van der Waals surface area contributed by atoms with Crippen LogP contribution in [0.4, 0.5) is 11.4 Å². The maximum Gasteiger partial charge on any atom is 0.306 e. The molecule has 38 heavy (non-hydrogen) atoms. The Morgan fingerprint density at radius 2 is 1.61 bits per heavy atom. The number of anilines is 2. The van der Waals surface area contributed by atoms with Crippen LogP contribution in [0, 0.1) is 6.92 Å². The Labute approximate surface area is 224 Å². The lowest BCUT2D eigenvalue weighted by Gasteiger charge is -2.15. The van der Waals surface area contributed by atoms with Gasteiger partial charge in [0.15, 0.2) is 6.61 Å². The quantitative estimate of drug-likeness (QED) is 0.259. The molecule has 200 valence electrons. The van der Waals surface area contributed by atoms with Gasteiger partial charge >= 0.3 is 5.97 Å². The van der Waals surface area contributed by atoms with Gasteiger partial charge in [-0.15, -0.1) is 0 Å². The van der Waals surface area contributed by atoms with Crippen molar-refractivity contribution >= 4 is 29.2 Å². The minimum absolute atomic E-state index is 0.0493. The first kappa shape index (κ1) is 28.4. The first-order chi connectivity index (χ1) is 18.2. The van der Waals surface area contributed by atoms with Crippen molar-refractivity contribution in [3.8, 4) is 11.5 Å².